The zero-order valence-corrected chi connectivity index (χ0v) is 13.2. The molecule has 0 fully saturated rings. The van der Waals surface area contributed by atoms with Gasteiger partial charge in [0.2, 0.25) is 10.0 Å². The van der Waals surface area contributed by atoms with Crippen molar-refractivity contribution in [2.75, 3.05) is 6.54 Å². The highest BCUT2D eigenvalue weighted by Crippen LogP contribution is 2.25. The molecule has 0 atom stereocenters. The van der Waals surface area contributed by atoms with Crippen LogP contribution >= 0.6 is 15.9 Å². The zero-order chi connectivity index (χ0) is 14.8. The summed E-state index contributed by atoms with van der Waals surface area (Å²) in [6.07, 6.45) is 2.22. The molecular formula is C11H15BrN4O3S. The van der Waals surface area contributed by atoms with Gasteiger partial charge in [-0.3, -0.25) is 4.68 Å². The predicted molar refractivity (Wildman–Crippen MR) is 76.4 cm³/mol. The minimum absolute atomic E-state index is 0.0583. The van der Waals surface area contributed by atoms with Crippen molar-refractivity contribution < 1.29 is 12.8 Å². The lowest BCUT2D eigenvalue weighted by molar-refractivity contribution is 0.483. The fraction of sp³-hybridized carbons (Fsp3) is 0.364. The molecule has 2 rings (SSSR count). The van der Waals surface area contributed by atoms with Gasteiger partial charge in [-0.25, -0.2) is 13.1 Å². The maximum atomic E-state index is 12.1. The van der Waals surface area contributed by atoms with Crippen molar-refractivity contribution in [1.82, 2.24) is 14.5 Å². The summed E-state index contributed by atoms with van der Waals surface area (Å²) in [5, 5.41) is 4.02. The number of hydrogen-bond donors (Lipinski definition) is 2. The van der Waals surface area contributed by atoms with Crippen LogP contribution in [0.1, 0.15) is 11.5 Å². The van der Waals surface area contributed by atoms with Gasteiger partial charge in [-0.1, -0.05) is 0 Å². The number of aromatic nitrogens is 2. The van der Waals surface area contributed by atoms with Crippen LogP contribution in [0.2, 0.25) is 0 Å². The highest BCUT2D eigenvalue weighted by molar-refractivity contribution is 9.10. The van der Waals surface area contributed by atoms with Crippen LogP contribution in [0.5, 0.6) is 0 Å². The maximum absolute atomic E-state index is 12.1. The number of sulfonamides is 1. The van der Waals surface area contributed by atoms with Gasteiger partial charge in [0, 0.05) is 38.0 Å². The fourth-order valence-electron chi connectivity index (χ4n) is 1.72. The summed E-state index contributed by atoms with van der Waals surface area (Å²) in [4.78, 5) is 0.0583. The second-order valence-corrected chi connectivity index (χ2v) is 6.60. The highest BCUT2D eigenvalue weighted by Gasteiger charge is 2.21. The van der Waals surface area contributed by atoms with Gasteiger partial charge in [-0.2, -0.15) is 5.10 Å². The Morgan fingerprint density at radius 2 is 2.30 bits per heavy atom. The third kappa shape index (κ3) is 3.29. The van der Waals surface area contributed by atoms with Gasteiger partial charge in [0.25, 0.3) is 0 Å². The summed E-state index contributed by atoms with van der Waals surface area (Å²) in [6.45, 7) is 0.417. The molecule has 0 radical (unpaired) electrons. The van der Waals surface area contributed by atoms with Gasteiger partial charge in [0.1, 0.15) is 10.7 Å². The molecular weight excluding hydrogens is 348 g/mol. The Hall–Kier alpha value is -1.16. The lowest BCUT2D eigenvalue weighted by Gasteiger charge is -2.05. The number of rotatable bonds is 6. The maximum Gasteiger partial charge on any atom is 0.244 e. The van der Waals surface area contributed by atoms with E-state index in [2.05, 4.69) is 25.8 Å². The minimum Gasteiger partial charge on any atom is -0.452 e. The molecule has 0 saturated heterocycles. The van der Waals surface area contributed by atoms with Gasteiger partial charge in [0.15, 0.2) is 4.67 Å². The first-order chi connectivity index (χ1) is 9.44. The molecule has 0 aromatic carbocycles. The van der Waals surface area contributed by atoms with Gasteiger partial charge in [-0.05, 0) is 22.0 Å². The van der Waals surface area contributed by atoms with Crippen molar-refractivity contribution in [3.05, 3.63) is 34.5 Å². The van der Waals surface area contributed by atoms with Crippen LogP contribution < -0.4 is 10.5 Å². The monoisotopic (exact) mass is 362 g/mol. The van der Waals surface area contributed by atoms with E-state index in [1.165, 1.54) is 6.07 Å². The molecule has 0 aliphatic rings. The molecule has 0 spiro atoms. The first-order valence-corrected chi connectivity index (χ1v) is 8.16. The average Bonchev–Trinajstić information content (AvgIpc) is 2.96. The molecule has 9 heteroatoms. The van der Waals surface area contributed by atoms with E-state index in [-0.39, 0.29) is 22.7 Å². The van der Waals surface area contributed by atoms with Crippen molar-refractivity contribution in [3.63, 3.8) is 0 Å². The van der Waals surface area contributed by atoms with E-state index in [9.17, 15) is 8.42 Å². The second-order valence-electron chi connectivity index (χ2n) is 4.15. The molecule has 0 amide bonds. The molecule has 2 aromatic rings. The van der Waals surface area contributed by atoms with E-state index in [0.29, 0.717) is 12.2 Å². The van der Waals surface area contributed by atoms with E-state index < -0.39 is 10.0 Å². The van der Waals surface area contributed by atoms with Gasteiger partial charge in [-0.15, -0.1) is 0 Å². The first kappa shape index (κ1) is 15.2. The third-order valence-corrected chi connectivity index (χ3v) is 5.11. The zero-order valence-electron chi connectivity index (χ0n) is 10.8. The lowest BCUT2D eigenvalue weighted by Crippen LogP contribution is -2.26. The van der Waals surface area contributed by atoms with Crippen molar-refractivity contribution in [2.45, 2.75) is 17.9 Å². The van der Waals surface area contributed by atoms with Gasteiger partial charge in [0.05, 0.1) is 6.54 Å². The first-order valence-electron chi connectivity index (χ1n) is 5.89. The SMILES string of the molecule is Cn1nccc1CCNS(=O)(=O)c1cc(CN)oc1Br. The molecule has 7 nitrogen and oxygen atoms in total. The Bertz CT molecular complexity index is 692. The number of halogens is 1. The molecule has 0 saturated carbocycles. The van der Waals surface area contributed by atoms with Crippen LogP contribution in [0.25, 0.3) is 0 Å². The molecule has 0 aliphatic carbocycles. The normalized spacial score (nSPS) is 11.9. The van der Waals surface area contributed by atoms with E-state index in [4.69, 9.17) is 10.2 Å². The van der Waals surface area contributed by atoms with Crippen LogP contribution in [-0.4, -0.2) is 24.7 Å². The number of nitrogens with one attached hydrogen (secondary N) is 1. The Morgan fingerprint density at radius 3 is 2.85 bits per heavy atom. The number of nitrogens with zero attached hydrogens (tertiary/aromatic N) is 2. The Morgan fingerprint density at radius 1 is 1.55 bits per heavy atom. The van der Waals surface area contributed by atoms with E-state index >= 15 is 0 Å². The summed E-state index contributed by atoms with van der Waals surface area (Å²) < 4.78 is 33.8. The molecule has 0 aliphatic heterocycles. The number of nitrogens with two attached hydrogens (primary N) is 1. The largest absolute Gasteiger partial charge is 0.452 e. The van der Waals surface area contributed by atoms with Crippen LogP contribution in [0.3, 0.4) is 0 Å². The number of hydrogen-bond acceptors (Lipinski definition) is 5. The summed E-state index contributed by atoms with van der Waals surface area (Å²) in [5.41, 5.74) is 6.36. The smallest absolute Gasteiger partial charge is 0.244 e. The lowest BCUT2D eigenvalue weighted by atomic mass is 10.3. The summed E-state index contributed by atoms with van der Waals surface area (Å²) >= 11 is 3.08. The molecule has 3 N–H and O–H groups in total. The number of aryl methyl sites for hydroxylation is 1. The van der Waals surface area contributed by atoms with Crippen molar-refractivity contribution in [1.29, 1.82) is 0 Å². The van der Waals surface area contributed by atoms with Gasteiger partial charge < -0.3 is 10.2 Å². The standard InChI is InChI=1S/C11H15BrN4O3S/c1-16-8(2-4-14-16)3-5-15-20(17,18)10-6-9(7-13)19-11(10)12/h2,4,6,15H,3,5,7,13H2,1H3. The molecule has 110 valence electrons. The fourth-order valence-corrected chi connectivity index (χ4v) is 3.75. The third-order valence-electron chi connectivity index (χ3n) is 2.79. The average molecular weight is 363 g/mol. The van der Waals surface area contributed by atoms with Crippen LogP contribution in [0.15, 0.2) is 32.3 Å². The summed E-state index contributed by atoms with van der Waals surface area (Å²) in [6, 6.07) is 3.26. The molecule has 2 heterocycles. The molecule has 20 heavy (non-hydrogen) atoms. The van der Waals surface area contributed by atoms with E-state index in [0.717, 1.165) is 5.69 Å². The van der Waals surface area contributed by atoms with E-state index in [1.807, 2.05) is 13.1 Å². The quantitative estimate of drug-likeness (QED) is 0.789. The Labute approximate surface area is 125 Å². The predicted octanol–water partition coefficient (Wildman–Crippen LogP) is 0.755. The van der Waals surface area contributed by atoms with Crippen molar-refractivity contribution >= 4 is 26.0 Å². The molecule has 0 unspecified atom stereocenters. The number of furan rings is 1. The van der Waals surface area contributed by atoms with Crippen LogP contribution in [-0.2, 0) is 30.0 Å². The summed E-state index contributed by atoms with van der Waals surface area (Å²) in [7, 11) is -1.81. The Balaban J connectivity index is 2.04. The van der Waals surface area contributed by atoms with Crippen molar-refractivity contribution in [3.8, 4) is 0 Å². The molecule has 2 aromatic heterocycles. The topological polar surface area (TPSA) is 103 Å². The summed E-state index contributed by atoms with van der Waals surface area (Å²) in [5.74, 6) is 0.406. The van der Waals surface area contributed by atoms with Crippen LogP contribution in [0, 0.1) is 0 Å². The van der Waals surface area contributed by atoms with Crippen LogP contribution in [0.4, 0.5) is 0 Å². The molecule has 0 bridgehead atoms. The minimum atomic E-state index is -3.62. The Kier molecular flexibility index (Phi) is 4.63. The van der Waals surface area contributed by atoms with Gasteiger partial charge >= 0.3 is 0 Å². The second kappa shape index (κ2) is 6.08. The van der Waals surface area contributed by atoms with Crippen molar-refractivity contribution in [2.24, 2.45) is 12.8 Å². The highest BCUT2D eigenvalue weighted by atomic mass is 79.9. The van der Waals surface area contributed by atoms with E-state index in [1.54, 1.807) is 10.9 Å².